The summed E-state index contributed by atoms with van der Waals surface area (Å²) in [5.74, 6) is -0.995. The van der Waals surface area contributed by atoms with Gasteiger partial charge < -0.3 is 20.9 Å². The van der Waals surface area contributed by atoms with Crippen molar-refractivity contribution in [2.24, 2.45) is 10.7 Å². The van der Waals surface area contributed by atoms with Gasteiger partial charge in [-0.25, -0.2) is 4.99 Å². The van der Waals surface area contributed by atoms with Gasteiger partial charge in [0.25, 0.3) is 5.91 Å². The van der Waals surface area contributed by atoms with Crippen LogP contribution < -0.4 is 15.8 Å². The summed E-state index contributed by atoms with van der Waals surface area (Å²) >= 11 is 0. The Hall–Kier alpha value is -3.60. The molecule has 0 saturated heterocycles. The molecule has 2 aromatic carbocycles. The number of nitrogens with one attached hydrogen (secondary N) is 1. The number of amides is 2. The molecular weight excluding hydrogens is 501 g/mol. The van der Waals surface area contributed by atoms with E-state index < -0.39 is 53.7 Å². The summed E-state index contributed by atoms with van der Waals surface area (Å²) in [6.45, 7) is 6.72. The SMILES string of the molecule is CC1(C)CC(=O)N(C(CC(F)(F)F)c2cccc(C(=O)N[C@@H]3c4ccccc4OC(C)(C)[C@H]3O)c2)C(N)=N1. The predicted molar refractivity (Wildman–Crippen MR) is 134 cm³/mol. The van der Waals surface area contributed by atoms with Gasteiger partial charge in [-0.2, -0.15) is 13.2 Å². The lowest BCUT2D eigenvalue weighted by Gasteiger charge is -2.42. The van der Waals surface area contributed by atoms with Crippen molar-refractivity contribution in [3.63, 3.8) is 0 Å². The first kappa shape index (κ1) is 27.4. The lowest BCUT2D eigenvalue weighted by atomic mass is 9.86. The van der Waals surface area contributed by atoms with Crippen LogP contribution in [-0.4, -0.2) is 51.2 Å². The number of nitrogens with zero attached hydrogens (tertiary/aromatic N) is 2. The molecule has 204 valence electrons. The lowest BCUT2D eigenvalue weighted by molar-refractivity contribution is -0.151. The van der Waals surface area contributed by atoms with Crippen molar-refractivity contribution in [1.82, 2.24) is 10.2 Å². The summed E-state index contributed by atoms with van der Waals surface area (Å²) < 4.78 is 46.8. The number of para-hydroxylation sites is 1. The zero-order valence-electron chi connectivity index (χ0n) is 21.5. The van der Waals surface area contributed by atoms with Crippen LogP contribution in [0.5, 0.6) is 5.75 Å². The van der Waals surface area contributed by atoms with E-state index in [2.05, 4.69) is 10.3 Å². The van der Waals surface area contributed by atoms with Gasteiger partial charge in [0.1, 0.15) is 17.5 Å². The zero-order valence-corrected chi connectivity index (χ0v) is 21.5. The van der Waals surface area contributed by atoms with E-state index in [4.69, 9.17) is 10.5 Å². The van der Waals surface area contributed by atoms with Gasteiger partial charge in [-0.3, -0.25) is 14.5 Å². The molecule has 2 aromatic rings. The van der Waals surface area contributed by atoms with Gasteiger partial charge in [0.15, 0.2) is 5.96 Å². The molecule has 4 rings (SSSR count). The molecule has 0 aromatic heterocycles. The number of rotatable bonds is 5. The standard InChI is InChI=1S/C27H31F3N4O4/c1-25(2)14-20(35)34(24(31)33-25)18(13-27(28,29)30)15-8-7-9-16(12-15)23(37)32-21-17-10-5-6-11-19(17)38-26(3,4)22(21)36/h5-12,18,21-22,36H,13-14H2,1-4H3,(H2,31,33)(H,32,37)/t18?,21-,22+/m1/s1. The van der Waals surface area contributed by atoms with E-state index in [1.54, 1.807) is 52.0 Å². The summed E-state index contributed by atoms with van der Waals surface area (Å²) in [5.41, 5.74) is 4.84. The van der Waals surface area contributed by atoms with Crippen LogP contribution in [0.4, 0.5) is 13.2 Å². The summed E-state index contributed by atoms with van der Waals surface area (Å²) in [5, 5.41) is 13.7. The molecule has 0 aliphatic carbocycles. The number of hydrogen-bond acceptors (Lipinski definition) is 6. The van der Waals surface area contributed by atoms with Crippen molar-refractivity contribution in [3.8, 4) is 5.75 Å². The molecule has 4 N–H and O–H groups in total. The minimum atomic E-state index is -4.63. The average Bonchev–Trinajstić information content (AvgIpc) is 2.79. The van der Waals surface area contributed by atoms with Crippen molar-refractivity contribution in [2.45, 2.75) is 76.0 Å². The van der Waals surface area contributed by atoms with E-state index in [0.717, 1.165) is 4.90 Å². The van der Waals surface area contributed by atoms with Crippen LogP contribution in [-0.2, 0) is 4.79 Å². The number of alkyl halides is 3. The van der Waals surface area contributed by atoms with E-state index in [0.29, 0.717) is 11.3 Å². The van der Waals surface area contributed by atoms with Crippen LogP contribution in [0.1, 0.15) is 74.1 Å². The monoisotopic (exact) mass is 532 g/mol. The minimum Gasteiger partial charge on any atom is -0.485 e. The molecule has 1 unspecified atom stereocenters. The van der Waals surface area contributed by atoms with Gasteiger partial charge in [0, 0.05) is 11.1 Å². The maximum atomic E-state index is 13.6. The van der Waals surface area contributed by atoms with Crippen molar-refractivity contribution in [1.29, 1.82) is 0 Å². The second-order valence-corrected chi connectivity index (χ2v) is 10.8. The average molecular weight is 533 g/mol. The number of halogens is 3. The fraction of sp³-hybridized carbons (Fsp3) is 0.444. The maximum Gasteiger partial charge on any atom is 0.391 e. The number of benzene rings is 2. The number of aliphatic hydroxyl groups excluding tert-OH is 1. The molecule has 0 radical (unpaired) electrons. The first-order chi connectivity index (χ1) is 17.6. The van der Waals surface area contributed by atoms with E-state index in [9.17, 15) is 27.9 Å². The molecule has 3 atom stereocenters. The highest BCUT2D eigenvalue weighted by atomic mass is 19.4. The Labute approximate surface area is 218 Å². The van der Waals surface area contributed by atoms with Crippen LogP contribution >= 0.6 is 0 Å². The summed E-state index contributed by atoms with van der Waals surface area (Å²) in [6, 6.07) is 10.2. The molecule has 38 heavy (non-hydrogen) atoms. The first-order valence-corrected chi connectivity index (χ1v) is 12.2. The number of hydrogen-bond donors (Lipinski definition) is 3. The smallest absolute Gasteiger partial charge is 0.391 e. The molecule has 2 aliphatic heterocycles. The van der Waals surface area contributed by atoms with E-state index in [1.807, 2.05) is 0 Å². The highest BCUT2D eigenvalue weighted by Gasteiger charge is 2.44. The van der Waals surface area contributed by atoms with E-state index >= 15 is 0 Å². The third-order valence-electron chi connectivity index (χ3n) is 6.73. The minimum absolute atomic E-state index is 0.0592. The van der Waals surface area contributed by atoms with Gasteiger partial charge in [0.2, 0.25) is 5.91 Å². The Kier molecular flexibility index (Phi) is 6.94. The molecule has 2 amide bonds. The van der Waals surface area contributed by atoms with Gasteiger partial charge in [-0.15, -0.1) is 0 Å². The highest BCUT2D eigenvalue weighted by molar-refractivity contribution is 5.99. The van der Waals surface area contributed by atoms with Crippen molar-refractivity contribution in [2.75, 3.05) is 0 Å². The van der Waals surface area contributed by atoms with Gasteiger partial charge in [-0.1, -0.05) is 30.3 Å². The second kappa shape index (κ2) is 9.61. The van der Waals surface area contributed by atoms with Crippen LogP contribution in [0.2, 0.25) is 0 Å². The van der Waals surface area contributed by atoms with Crippen molar-refractivity contribution in [3.05, 3.63) is 65.2 Å². The fourth-order valence-electron chi connectivity index (χ4n) is 4.91. The lowest BCUT2D eigenvalue weighted by Crippen LogP contribution is -2.53. The molecule has 2 heterocycles. The van der Waals surface area contributed by atoms with Crippen LogP contribution in [0.15, 0.2) is 53.5 Å². The summed E-state index contributed by atoms with van der Waals surface area (Å²) in [4.78, 5) is 31.3. The zero-order chi connectivity index (χ0) is 28.0. The van der Waals surface area contributed by atoms with Crippen molar-refractivity contribution >= 4 is 17.8 Å². The Balaban J connectivity index is 1.67. The number of carbonyl (C=O) groups is 2. The van der Waals surface area contributed by atoms with Crippen molar-refractivity contribution < 1.29 is 32.6 Å². The Morgan fingerprint density at radius 2 is 1.89 bits per heavy atom. The van der Waals surface area contributed by atoms with Crippen LogP contribution in [0.3, 0.4) is 0 Å². The first-order valence-electron chi connectivity index (χ1n) is 12.2. The molecule has 0 saturated carbocycles. The number of fused-ring (bicyclic) bond motifs is 1. The molecule has 2 aliphatic rings. The highest BCUT2D eigenvalue weighted by Crippen LogP contribution is 2.40. The van der Waals surface area contributed by atoms with Crippen LogP contribution in [0.25, 0.3) is 0 Å². The number of aliphatic hydroxyl groups is 1. The third kappa shape index (κ3) is 5.62. The topological polar surface area (TPSA) is 117 Å². The summed E-state index contributed by atoms with van der Waals surface area (Å²) in [7, 11) is 0. The van der Waals surface area contributed by atoms with Gasteiger partial charge >= 0.3 is 6.18 Å². The molecule has 8 nitrogen and oxygen atoms in total. The van der Waals surface area contributed by atoms with E-state index in [-0.39, 0.29) is 23.5 Å². The molecular formula is C27H31F3N4O4. The molecule has 0 bridgehead atoms. The fourth-order valence-corrected chi connectivity index (χ4v) is 4.91. The van der Waals surface area contributed by atoms with E-state index in [1.165, 1.54) is 24.3 Å². The largest absolute Gasteiger partial charge is 0.485 e. The number of ether oxygens (including phenoxy) is 1. The molecule has 0 spiro atoms. The second-order valence-electron chi connectivity index (χ2n) is 10.8. The molecule has 11 heteroatoms. The number of carbonyl (C=O) groups excluding carboxylic acids is 2. The molecule has 0 fully saturated rings. The predicted octanol–water partition coefficient (Wildman–Crippen LogP) is 4.01. The van der Waals surface area contributed by atoms with Gasteiger partial charge in [0.05, 0.1) is 30.5 Å². The number of aliphatic imine (C=N–C) groups is 1. The Bertz CT molecular complexity index is 1270. The number of guanidine groups is 1. The normalized spacial score (nSPS) is 23.1. The third-order valence-corrected chi connectivity index (χ3v) is 6.73. The Morgan fingerprint density at radius 1 is 1.21 bits per heavy atom. The Morgan fingerprint density at radius 3 is 2.55 bits per heavy atom. The van der Waals surface area contributed by atoms with Gasteiger partial charge in [-0.05, 0) is 51.5 Å². The number of nitrogens with two attached hydrogens (primary N) is 1. The quantitative estimate of drug-likeness (QED) is 0.538. The summed E-state index contributed by atoms with van der Waals surface area (Å²) in [6.07, 6.45) is -7.22. The maximum absolute atomic E-state index is 13.6. The van der Waals surface area contributed by atoms with Crippen LogP contribution in [0, 0.1) is 0 Å².